The van der Waals surface area contributed by atoms with Gasteiger partial charge in [-0.2, -0.15) is 0 Å². The van der Waals surface area contributed by atoms with E-state index in [2.05, 4.69) is 4.98 Å². The Morgan fingerprint density at radius 2 is 1.84 bits per heavy atom. The van der Waals surface area contributed by atoms with Crippen molar-refractivity contribution < 1.29 is 23.4 Å². The molecule has 0 radical (unpaired) electrons. The lowest BCUT2D eigenvalue weighted by Gasteiger charge is -2.12. The van der Waals surface area contributed by atoms with E-state index in [0.29, 0.717) is 28.8 Å². The van der Waals surface area contributed by atoms with Crippen LogP contribution < -0.4 is 4.74 Å². The van der Waals surface area contributed by atoms with Crippen LogP contribution in [0.4, 0.5) is 8.78 Å². The van der Waals surface area contributed by atoms with Crippen LogP contribution in [-0.4, -0.2) is 16.1 Å². The van der Waals surface area contributed by atoms with Gasteiger partial charge in [-0.1, -0.05) is 25.1 Å². The van der Waals surface area contributed by atoms with Crippen LogP contribution in [-0.2, 0) is 13.0 Å². The SMILES string of the molecule is CCc1nc2c(OCc3c(F)cccc3F)cccc2cc1C(=O)O. The minimum Gasteiger partial charge on any atom is -0.486 e. The number of rotatable bonds is 5. The van der Waals surface area contributed by atoms with Crippen LogP contribution in [0.25, 0.3) is 10.9 Å². The van der Waals surface area contributed by atoms with Gasteiger partial charge in [0.25, 0.3) is 0 Å². The van der Waals surface area contributed by atoms with Crippen molar-refractivity contribution in [2.45, 2.75) is 20.0 Å². The summed E-state index contributed by atoms with van der Waals surface area (Å²) in [6.07, 6.45) is 0.438. The maximum Gasteiger partial charge on any atom is 0.337 e. The van der Waals surface area contributed by atoms with Crippen molar-refractivity contribution in [2.75, 3.05) is 0 Å². The Morgan fingerprint density at radius 3 is 2.48 bits per heavy atom. The molecule has 1 aromatic heterocycles. The third-order valence-electron chi connectivity index (χ3n) is 3.89. The fourth-order valence-electron chi connectivity index (χ4n) is 2.60. The largest absolute Gasteiger partial charge is 0.486 e. The number of carbonyl (C=O) groups is 1. The van der Waals surface area contributed by atoms with Gasteiger partial charge in [-0.3, -0.25) is 0 Å². The molecule has 0 amide bonds. The number of aromatic nitrogens is 1. The number of fused-ring (bicyclic) bond motifs is 1. The van der Waals surface area contributed by atoms with Gasteiger partial charge in [0, 0.05) is 5.39 Å². The highest BCUT2D eigenvalue weighted by atomic mass is 19.1. The maximum atomic E-state index is 13.7. The number of pyridine rings is 1. The quantitative estimate of drug-likeness (QED) is 0.748. The summed E-state index contributed by atoms with van der Waals surface area (Å²) < 4.78 is 33.0. The zero-order valence-corrected chi connectivity index (χ0v) is 13.4. The number of halogens is 2. The molecule has 0 aliphatic rings. The molecule has 1 N–H and O–H groups in total. The fourth-order valence-corrected chi connectivity index (χ4v) is 2.60. The summed E-state index contributed by atoms with van der Waals surface area (Å²) in [6, 6.07) is 10.2. The van der Waals surface area contributed by atoms with Crippen molar-refractivity contribution in [2.24, 2.45) is 0 Å². The molecule has 0 aliphatic heterocycles. The lowest BCUT2D eigenvalue weighted by atomic mass is 10.1. The van der Waals surface area contributed by atoms with Crippen LogP contribution in [0.15, 0.2) is 42.5 Å². The zero-order chi connectivity index (χ0) is 18.0. The van der Waals surface area contributed by atoms with Gasteiger partial charge in [-0.25, -0.2) is 18.6 Å². The Morgan fingerprint density at radius 1 is 1.16 bits per heavy atom. The summed E-state index contributed by atoms with van der Waals surface area (Å²) in [7, 11) is 0. The van der Waals surface area contributed by atoms with E-state index in [0.717, 1.165) is 12.1 Å². The van der Waals surface area contributed by atoms with Crippen molar-refractivity contribution in [3.63, 3.8) is 0 Å². The number of aromatic carboxylic acids is 1. The molecule has 0 unspecified atom stereocenters. The van der Waals surface area contributed by atoms with E-state index >= 15 is 0 Å². The lowest BCUT2D eigenvalue weighted by molar-refractivity contribution is 0.0695. The van der Waals surface area contributed by atoms with Gasteiger partial charge in [0.2, 0.25) is 0 Å². The Hall–Kier alpha value is -3.02. The fraction of sp³-hybridized carbons (Fsp3) is 0.158. The number of carboxylic acid groups (broad SMARTS) is 1. The van der Waals surface area contributed by atoms with Crippen LogP contribution in [0, 0.1) is 11.6 Å². The average molecular weight is 343 g/mol. The third kappa shape index (κ3) is 3.28. The molecule has 3 aromatic rings. The van der Waals surface area contributed by atoms with Crippen molar-refractivity contribution in [3.8, 4) is 5.75 Å². The number of para-hydroxylation sites is 1. The third-order valence-corrected chi connectivity index (χ3v) is 3.89. The van der Waals surface area contributed by atoms with Gasteiger partial charge in [-0.05, 0) is 30.7 Å². The van der Waals surface area contributed by atoms with Gasteiger partial charge in [0.1, 0.15) is 29.5 Å². The predicted molar refractivity (Wildman–Crippen MR) is 88.8 cm³/mol. The molecule has 1 heterocycles. The van der Waals surface area contributed by atoms with Gasteiger partial charge < -0.3 is 9.84 Å². The van der Waals surface area contributed by atoms with E-state index in [9.17, 15) is 18.7 Å². The molecule has 0 bridgehead atoms. The summed E-state index contributed by atoms with van der Waals surface area (Å²) in [5, 5.41) is 9.87. The number of benzene rings is 2. The number of hydrogen-bond acceptors (Lipinski definition) is 3. The molecule has 0 spiro atoms. The summed E-state index contributed by atoms with van der Waals surface area (Å²) in [6.45, 7) is 1.51. The maximum absolute atomic E-state index is 13.7. The van der Waals surface area contributed by atoms with Gasteiger partial charge in [0.15, 0.2) is 0 Å². The first-order valence-corrected chi connectivity index (χ1v) is 7.73. The standard InChI is InChI=1S/C19H15F2NO3/c1-2-16-12(19(23)24)9-11-5-3-8-17(18(11)22-16)25-10-13-14(20)6-4-7-15(13)21/h3-9H,2,10H2,1H3,(H,23,24). The van der Waals surface area contributed by atoms with Gasteiger partial charge in [-0.15, -0.1) is 0 Å². The number of ether oxygens (including phenoxy) is 1. The molecule has 0 fully saturated rings. The number of aryl methyl sites for hydroxylation is 1. The Kier molecular flexibility index (Phi) is 4.61. The van der Waals surface area contributed by atoms with E-state index in [4.69, 9.17) is 4.74 Å². The van der Waals surface area contributed by atoms with E-state index in [1.54, 1.807) is 25.1 Å². The van der Waals surface area contributed by atoms with E-state index in [-0.39, 0.29) is 17.7 Å². The van der Waals surface area contributed by atoms with Crippen molar-refractivity contribution in [1.29, 1.82) is 0 Å². The summed E-state index contributed by atoms with van der Waals surface area (Å²) in [4.78, 5) is 15.7. The number of nitrogens with zero attached hydrogens (tertiary/aromatic N) is 1. The predicted octanol–water partition coefficient (Wildman–Crippen LogP) is 4.35. The minimum absolute atomic E-state index is 0.132. The van der Waals surface area contributed by atoms with E-state index < -0.39 is 17.6 Å². The molecule has 0 atom stereocenters. The average Bonchev–Trinajstić information content (AvgIpc) is 2.60. The first kappa shape index (κ1) is 16.8. The Balaban J connectivity index is 2.01. The van der Waals surface area contributed by atoms with Crippen LogP contribution in [0.1, 0.15) is 28.5 Å². The highest BCUT2D eigenvalue weighted by Gasteiger charge is 2.15. The van der Waals surface area contributed by atoms with Crippen LogP contribution in [0.3, 0.4) is 0 Å². The van der Waals surface area contributed by atoms with E-state index in [1.807, 2.05) is 0 Å². The molecule has 4 nitrogen and oxygen atoms in total. The first-order chi connectivity index (χ1) is 12.0. The highest BCUT2D eigenvalue weighted by molar-refractivity contribution is 5.95. The molecule has 0 saturated heterocycles. The monoisotopic (exact) mass is 343 g/mol. The number of carboxylic acids is 1. The van der Waals surface area contributed by atoms with Gasteiger partial charge in [0.05, 0.1) is 16.8 Å². The van der Waals surface area contributed by atoms with Crippen molar-refractivity contribution in [3.05, 3.63) is 70.9 Å². The Labute approximate surface area is 142 Å². The van der Waals surface area contributed by atoms with Crippen LogP contribution in [0.5, 0.6) is 5.75 Å². The zero-order valence-electron chi connectivity index (χ0n) is 13.4. The first-order valence-electron chi connectivity index (χ1n) is 7.73. The number of hydrogen-bond donors (Lipinski definition) is 1. The van der Waals surface area contributed by atoms with E-state index in [1.165, 1.54) is 12.1 Å². The molecule has 25 heavy (non-hydrogen) atoms. The van der Waals surface area contributed by atoms with Crippen LogP contribution >= 0.6 is 0 Å². The summed E-state index contributed by atoms with van der Waals surface area (Å²) >= 11 is 0. The molecular weight excluding hydrogens is 328 g/mol. The summed E-state index contributed by atoms with van der Waals surface area (Å²) in [5.74, 6) is -2.08. The second kappa shape index (κ2) is 6.84. The highest BCUT2D eigenvalue weighted by Crippen LogP contribution is 2.27. The Bertz CT molecular complexity index is 937. The second-order valence-electron chi connectivity index (χ2n) is 5.46. The lowest BCUT2D eigenvalue weighted by Crippen LogP contribution is -2.06. The van der Waals surface area contributed by atoms with Crippen LogP contribution in [0.2, 0.25) is 0 Å². The normalized spacial score (nSPS) is 10.8. The molecule has 3 rings (SSSR count). The summed E-state index contributed by atoms with van der Waals surface area (Å²) in [5.41, 5.74) is 0.846. The van der Waals surface area contributed by atoms with Crippen molar-refractivity contribution in [1.82, 2.24) is 4.98 Å². The van der Waals surface area contributed by atoms with Gasteiger partial charge >= 0.3 is 5.97 Å². The topological polar surface area (TPSA) is 59.4 Å². The molecule has 0 saturated carbocycles. The smallest absolute Gasteiger partial charge is 0.337 e. The minimum atomic E-state index is -1.05. The second-order valence-corrected chi connectivity index (χ2v) is 5.46. The molecule has 0 aliphatic carbocycles. The van der Waals surface area contributed by atoms with Crippen molar-refractivity contribution >= 4 is 16.9 Å². The molecule has 128 valence electrons. The molecular formula is C19H15F2NO3. The molecule has 2 aromatic carbocycles. The molecule has 6 heteroatoms.